The van der Waals surface area contributed by atoms with Crippen molar-refractivity contribution in [3.05, 3.63) is 0 Å². The van der Waals surface area contributed by atoms with E-state index in [1.807, 2.05) is 0 Å². The number of hydrogen-bond acceptors (Lipinski definition) is 7. The fourth-order valence-electron chi connectivity index (χ4n) is 2.94. The van der Waals surface area contributed by atoms with Crippen molar-refractivity contribution in [2.45, 2.75) is 50.2 Å². The molecule has 0 radical (unpaired) electrons. The Hall–Kier alpha value is -3.22. The lowest BCUT2D eigenvalue weighted by atomic mass is 10.1. The maximum atomic E-state index is 12.8. The summed E-state index contributed by atoms with van der Waals surface area (Å²) in [6.07, 6.45) is -0.444. The van der Waals surface area contributed by atoms with Gasteiger partial charge in [0.1, 0.15) is 18.1 Å². The number of nitrogens with one attached hydrogen (secondary N) is 2. The maximum absolute atomic E-state index is 12.8. The predicted octanol–water partition coefficient (Wildman–Crippen LogP) is -3.27. The second-order valence-corrected chi connectivity index (χ2v) is 6.52. The fraction of sp³-hybridized carbons (Fsp3) is 0.625. The summed E-state index contributed by atoms with van der Waals surface area (Å²) in [7, 11) is 0. The summed E-state index contributed by atoms with van der Waals surface area (Å²) in [6, 6.07) is -3.83. The molecule has 162 valence electrons. The molecule has 0 aromatic rings. The molecule has 0 spiro atoms. The molecule has 8 N–H and O–H groups in total. The summed E-state index contributed by atoms with van der Waals surface area (Å²) in [5, 5.41) is 22.3. The lowest BCUT2D eigenvalue weighted by Crippen LogP contribution is -2.56. The van der Waals surface area contributed by atoms with Crippen LogP contribution in [0.1, 0.15) is 32.1 Å². The highest BCUT2D eigenvalue weighted by molar-refractivity contribution is 5.94. The van der Waals surface area contributed by atoms with Crippen LogP contribution in [-0.2, 0) is 28.8 Å². The molecule has 1 fully saturated rings. The molecule has 0 aromatic carbocycles. The summed E-state index contributed by atoms with van der Waals surface area (Å²) in [5.74, 6) is -5.71. The van der Waals surface area contributed by atoms with Gasteiger partial charge in [-0.25, -0.2) is 4.79 Å². The summed E-state index contributed by atoms with van der Waals surface area (Å²) in [4.78, 5) is 71.1. The fourth-order valence-corrected chi connectivity index (χ4v) is 2.94. The van der Waals surface area contributed by atoms with E-state index in [-0.39, 0.29) is 32.4 Å². The van der Waals surface area contributed by atoms with Crippen LogP contribution in [-0.4, -0.2) is 81.9 Å². The number of carboxylic acid groups (broad SMARTS) is 2. The van der Waals surface area contributed by atoms with Gasteiger partial charge in [0.2, 0.25) is 23.6 Å². The molecule has 1 aliphatic rings. The third-order valence-electron chi connectivity index (χ3n) is 4.33. The Balaban J connectivity index is 2.92. The first-order valence-electron chi connectivity index (χ1n) is 8.90. The van der Waals surface area contributed by atoms with Crippen molar-refractivity contribution < 1.29 is 39.0 Å². The van der Waals surface area contributed by atoms with E-state index in [0.29, 0.717) is 6.42 Å². The van der Waals surface area contributed by atoms with Crippen LogP contribution in [0, 0.1) is 0 Å². The van der Waals surface area contributed by atoms with Gasteiger partial charge in [0.05, 0.1) is 13.0 Å². The van der Waals surface area contributed by atoms with E-state index in [1.165, 1.54) is 0 Å². The highest BCUT2D eigenvalue weighted by Gasteiger charge is 2.39. The first-order valence-corrected chi connectivity index (χ1v) is 8.90. The van der Waals surface area contributed by atoms with Gasteiger partial charge in [0.25, 0.3) is 0 Å². The molecule has 13 nitrogen and oxygen atoms in total. The zero-order valence-corrected chi connectivity index (χ0v) is 15.6. The Morgan fingerprint density at radius 3 is 2.24 bits per heavy atom. The number of primary amides is 1. The van der Waals surface area contributed by atoms with Gasteiger partial charge in [-0.05, 0) is 19.3 Å². The van der Waals surface area contributed by atoms with Gasteiger partial charge in [-0.15, -0.1) is 0 Å². The Labute approximate surface area is 165 Å². The minimum atomic E-state index is -1.65. The second kappa shape index (κ2) is 10.9. The van der Waals surface area contributed by atoms with Gasteiger partial charge in [-0.1, -0.05) is 0 Å². The summed E-state index contributed by atoms with van der Waals surface area (Å²) in [5.41, 5.74) is 10.3. The lowest BCUT2D eigenvalue weighted by Gasteiger charge is -2.29. The molecule has 0 bridgehead atoms. The average molecular weight is 415 g/mol. The number of carbonyl (C=O) groups excluding carboxylic acids is 4. The lowest BCUT2D eigenvalue weighted by molar-refractivity contribution is -0.148. The van der Waals surface area contributed by atoms with Gasteiger partial charge in [-0.2, -0.15) is 0 Å². The van der Waals surface area contributed by atoms with Crippen LogP contribution in [0.15, 0.2) is 0 Å². The van der Waals surface area contributed by atoms with Gasteiger partial charge < -0.3 is 37.2 Å². The van der Waals surface area contributed by atoms with Crippen LogP contribution >= 0.6 is 0 Å². The zero-order chi connectivity index (χ0) is 22.1. The normalized spacial score (nSPS) is 17.8. The number of carboxylic acids is 2. The molecule has 4 amide bonds. The molecule has 13 heteroatoms. The van der Waals surface area contributed by atoms with Crippen LogP contribution in [0.25, 0.3) is 0 Å². The predicted molar refractivity (Wildman–Crippen MR) is 96.0 cm³/mol. The molecular weight excluding hydrogens is 390 g/mol. The van der Waals surface area contributed by atoms with E-state index < -0.39 is 60.1 Å². The highest BCUT2D eigenvalue weighted by Crippen LogP contribution is 2.20. The third kappa shape index (κ3) is 7.37. The Morgan fingerprint density at radius 1 is 1.07 bits per heavy atom. The van der Waals surface area contributed by atoms with Crippen molar-refractivity contribution in [1.29, 1.82) is 0 Å². The number of likely N-dealkylation sites (tertiary alicyclic amines) is 1. The number of nitrogens with zero attached hydrogens (tertiary/aromatic N) is 1. The van der Waals surface area contributed by atoms with Crippen molar-refractivity contribution in [3.63, 3.8) is 0 Å². The second-order valence-electron chi connectivity index (χ2n) is 6.52. The zero-order valence-electron chi connectivity index (χ0n) is 15.6. The SMILES string of the molecule is NCC(=O)NC(CCC(N)=O)C(=O)N1CCCC1C(=O)NC(CC(=O)O)C(=O)O. The Morgan fingerprint density at radius 2 is 1.72 bits per heavy atom. The van der Waals surface area contributed by atoms with Crippen LogP contribution in [0.2, 0.25) is 0 Å². The van der Waals surface area contributed by atoms with E-state index in [4.69, 9.17) is 21.7 Å². The van der Waals surface area contributed by atoms with Crippen LogP contribution in [0.5, 0.6) is 0 Å². The van der Waals surface area contributed by atoms with Crippen molar-refractivity contribution in [2.24, 2.45) is 11.5 Å². The molecule has 0 aromatic heterocycles. The van der Waals surface area contributed by atoms with Gasteiger partial charge in [0.15, 0.2) is 0 Å². The standard InChI is InChI=1S/C16H25N5O8/c17-7-12(23)19-8(3-4-11(18)22)15(27)21-5-1-2-10(21)14(26)20-9(16(28)29)6-13(24)25/h8-10H,1-7,17H2,(H2,18,22)(H,19,23)(H,20,26)(H,24,25)(H,28,29). The monoisotopic (exact) mass is 415 g/mol. The van der Waals surface area contributed by atoms with Gasteiger partial charge >= 0.3 is 11.9 Å². The molecule has 29 heavy (non-hydrogen) atoms. The molecule has 1 aliphatic heterocycles. The third-order valence-corrected chi connectivity index (χ3v) is 4.33. The van der Waals surface area contributed by atoms with Crippen molar-refractivity contribution >= 4 is 35.6 Å². The van der Waals surface area contributed by atoms with Crippen molar-refractivity contribution in [3.8, 4) is 0 Å². The number of carbonyl (C=O) groups is 6. The molecule has 3 unspecified atom stereocenters. The van der Waals surface area contributed by atoms with Crippen LogP contribution in [0.4, 0.5) is 0 Å². The minimum absolute atomic E-state index is 0.0957. The minimum Gasteiger partial charge on any atom is -0.481 e. The number of nitrogens with two attached hydrogens (primary N) is 2. The van der Waals surface area contributed by atoms with Crippen LogP contribution < -0.4 is 22.1 Å². The molecule has 1 saturated heterocycles. The van der Waals surface area contributed by atoms with Gasteiger partial charge in [-0.3, -0.25) is 24.0 Å². The number of rotatable bonds is 11. The Bertz CT molecular complexity index is 682. The Kier molecular flexibility index (Phi) is 8.99. The largest absolute Gasteiger partial charge is 0.481 e. The summed E-state index contributed by atoms with van der Waals surface area (Å²) < 4.78 is 0. The van der Waals surface area contributed by atoms with Gasteiger partial charge in [0, 0.05) is 13.0 Å². The first-order chi connectivity index (χ1) is 13.6. The average Bonchev–Trinajstić information content (AvgIpc) is 3.12. The van der Waals surface area contributed by atoms with E-state index in [0.717, 1.165) is 4.90 Å². The molecule has 0 aliphatic carbocycles. The summed E-state index contributed by atoms with van der Waals surface area (Å²) in [6.45, 7) is -0.223. The van der Waals surface area contributed by atoms with E-state index in [1.54, 1.807) is 0 Å². The number of hydrogen-bond donors (Lipinski definition) is 6. The van der Waals surface area contributed by atoms with Crippen LogP contribution in [0.3, 0.4) is 0 Å². The smallest absolute Gasteiger partial charge is 0.326 e. The number of aliphatic carboxylic acids is 2. The highest BCUT2D eigenvalue weighted by atomic mass is 16.4. The topological polar surface area (TPSA) is 222 Å². The molecule has 1 rings (SSSR count). The van der Waals surface area contributed by atoms with Crippen molar-refractivity contribution in [1.82, 2.24) is 15.5 Å². The maximum Gasteiger partial charge on any atom is 0.326 e. The molecular formula is C16H25N5O8. The molecule has 1 heterocycles. The quantitative estimate of drug-likeness (QED) is 0.199. The summed E-state index contributed by atoms with van der Waals surface area (Å²) >= 11 is 0. The molecule has 0 saturated carbocycles. The number of amides is 4. The van der Waals surface area contributed by atoms with E-state index >= 15 is 0 Å². The van der Waals surface area contributed by atoms with E-state index in [2.05, 4.69) is 10.6 Å². The molecule has 3 atom stereocenters. The van der Waals surface area contributed by atoms with Crippen molar-refractivity contribution in [2.75, 3.05) is 13.1 Å². The van der Waals surface area contributed by atoms with E-state index in [9.17, 15) is 28.8 Å². The first kappa shape index (κ1) is 23.8.